The van der Waals surface area contributed by atoms with Crippen molar-refractivity contribution in [2.24, 2.45) is 0 Å². The molecular formula is C14H10OS. The first-order chi connectivity index (χ1) is 7.84. The third-order valence-corrected chi connectivity index (χ3v) is 3.75. The summed E-state index contributed by atoms with van der Waals surface area (Å²) in [5.74, 6) is 0.357. The Morgan fingerprint density at radius 1 is 0.875 bits per heavy atom. The Bertz CT molecular complexity index is 626. The Hall–Kier alpha value is -1.80. The van der Waals surface area contributed by atoms with E-state index in [2.05, 4.69) is 12.1 Å². The first-order valence-electron chi connectivity index (χ1n) is 5.11. The van der Waals surface area contributed by atoms with Crippen LogP contribution in [-0.4, -0.2) is 5.11 Å². The van der Waals surface area contributed by atoms with Crippen molar-refractivity contribution in [2.45, 2.75) is 0 Å². The fourth-order valence-electron chi connectivity index (χ4n) is 1.79. The SMILES string of the molecule is Oc1cccc2sc(-c3ccccc3)cc12. The molecule has 0 saturated heterocycles. The summed E-state index contributed by atoms with van der Waals surface area (Å²) in [4.78, 5) is 1.19. The third kappa shape index (κ3) is 1.48. The lowest BCUT2D eigenvalue weighted by Gasteiger charge is -1.93. The number of aromatic hydroxyl groups is 1. The second-order valence-corrected chi connectivity index (χ2v) is 4.75. The van der Waals surface area contributed by atoms with Crippen LogP contribution in [0.1, 0.15) is 0 Å². The second-order valence-electron chi connectivity index (χ2n) is 3.67. The van der Waals surface area contributed by atoms with Gasteiger partial charge >= 0.3 is 0 Å². The standard InChI is InChI=1S/C14H10OS/c15-12-7-4-8-13-11(12)9-14(16-13)10-5-2-1-3-6-10/h1-9,15H. The number of fused-ring (bicyclic) bond motifs is 1. The lowest BCUT2D eigenvalue weighted by molar-refractivity contribution is 0.482. The zero-order valence-electron chi connectivity index (χ0n) is 8.55. The van der Waals surface area contributed by atoms with Gasteiger partial charge < -0.3 is 5.11 Å². The second kappa shape index (κ2) is 3.65. The molecule has 0 unspecified atom stereocenters. The maximum absolute atomic E-state index is 9.74. The molecule has 0 spiro atoms. The predicted octanol–water partition coefficient (Wildman–Crippen LogP) is 4.27. The highest BCUT2D eigenvalue weighted by Gasteiger charge is 2.06. The summed E-state index contributed by atoms with van der Waals surface area (Å²) in [7, 11) is 0. The Kier molecular flexibility index (Phi) is 2.15. The number of rotatable bonds is 1. The molecule has 2 aromatic carbocycles. The minimum Gasteiger partial charge on any atom is -0.507 e. The number of hydrogen-bond donors (Lipinski definition) is 1. The monoisotopic (exact) mass is 226 g/mol. The van der Waals surface area contributed by atoms with Crippen molar-refractivity contribution in [1.29, 1.82) is 0 Å². The zero-order valence-corrected chi connectivity index (χ0v) is 9.37. The lowest BCUT2D eigenvalue weighted by Crippen LogP contribution is -1.68. The molecule has 1 N–H and O–H groups in total. The largest absolute Gasteiger partial charge is 0.507 e. The number of thiophene rings is 1. The van der Waals surface area contributed by atoms with E-state index in [1.165, 1.54) is 10.4 Å². The molecule has 2 heteroatoms. The van der Waals surface area contributed by atoms with Crippen LogP contribution < -0.4 is 0 Å². The number of phenolic OH excluding ortho intramolecular Hbond substituents is 1. The smallest absolute Gasteiger partial charge is 0.124 e. The van der Waals surface area contributed by atoms with Crippen molar-refractivity contribution >= 4 is 21.4 Å². The van der Waals surface area contributed by atoms with Gasteiger partial charge in [0.1, 0.15) is 5.75 Å². The minimum absolute atomic E-state index is 0.357. The topological polar surface area (TPSA) is 20.2 Å². The molecule has 0 amide bonds. The van der Waals surface area contributed by atoms with Crippen molar-refractivity contribution in [1.82, 2.24) is 0 Å². The van der Waals surface area contributed by atoms with E-state index in [-0.39, 0.29) is 0 Å². The highest BCUT2D eigenvalue weighted by Crippen LogP contribution is 2.37. The molecule has 0 saturated carbocycles. The molecule has 0 aliphatic carbocycles. The maximum atomic E-state index is 9.74. The van der Waals surface area contributed by atoms with Crippen LogP contribution in [0.3, 0.4) is 0 Å². The summed E-state index contributed by atoms with van der Waals surface area (Å²) in [6, 6.07) is 17.9. The first-order valence-corrected chi connectivity index (χ1v) is 5.93. The van der Waals surface area contributed by atoms with E-state index in [0.717, 1.165) is 10.1 Å². The Morgan fingerprint density at radius 3 is 2.44 bits per heavy atom. The van der Waals surface area contributed by atoms with E-state index in [4.69, 9.17) is 0 Å². The molecular weight excluding hydrogens is 216 g/mol. The van der Waals surface area contributed by atoms with Gasteiger partial charge in [-0.1, -0.05) is 36.4 Å². The van der Waals surface area contributed by atoms with E-state index < -0.39 is 0 Å². The van der Waals surface area contributed by atoms with Crippen molar-refractivity contribution in [3.63, 3.8) is 0 Å². The zero-order chi connectivity index (χ0) is 11.0. The summed E-state index contributed by atoms with van der Waals surface area (Å²) in [5.41, 5.74) is 1.20. The van der Waals surface area contributed by atoms with Crippen LogP contribution >= 0.6 is 11.3 Å². The van der Waals surface area contributed by atoms with Gasteiger partial charge in [-0.3, -0.25) is 0 Å². The van der Waals surface area contributed by atoms with Crippen molar-refractivity contribution in [3.05, 3.63) is 54.6 Å². The van der Waals surface area contributed by atoms with Crippen molar-refractivity contribution in [2.75, 3.05) is 0 Å². The lowest BCUT2D eigenvalue weighted by atomic mass is 10.1. The van der Waals surface area contributed by atoms with Gasteiger partial charge in [-0.2, -0.15) is 0 Å². The van der Waals surface area contributed by atoms with Gasteiger partial charge in [0.15, 0.2) is 0 Å². The van der Waals surface area contributed by atoms with Gasteiger partial charge in [0.25, 0.3) is 0 Å². The number of benzene rings is 2. The van der Waals surface area contributed by atoms with Gasteiger partial charge in [0.2, 0.25) is 0 Å². The van der Waals surface area contributed by atoms with Gasteiger partial charge in [0, 0.05) is 15.0 Å². The predicted molar refractivity (Wildman–Crippen MR) is 68.9 cm³/mol. The van der Waals surface area contributed by atoms with Crippen LogP contribution in [0, 0.1) is 0 Å². The number of hydrogen-bond acceptors (Lipinski definition) is 2. The molecule has 0 aliphatic rings. The minimum atomic E-state index is 0.357. The summed E-state index contributed by atoms with van der Waals surface area (Å²) in [5, 5.41) is 10.7. The summed E-state index contributed by atoms with van der Waals surface area (Å²) < 4.78 is 1.12. The molecule has 1 heterocycles. The van der Waals surface area contributed by atoms with Gasteiger partial charge in [-0.25, -0.2) is 0 Å². The molecule has 16 heavy (non-hydrogen) atoms. The molecule has 0 bridgehead atoms. The highest BCUT2D eigenvalue weighted by atomic mass is 32.1. The van der Waals surface area contributed by atoms with E-state index in [1.54, 1.807) is 17.4 Å². The summed E-state index contributed by atoms with van der Waals surface area (Å²) in [6.45, 7) is 0. The molecule has 78 valence electrons. The molecule has 0 fully saturated rings. The van der Waals surface area contributed by atoms with Gasteiger partial charge in [-0.15, -0.1) is 11.3 Å². The van der Waals surface area contributed by atoms with Crippen molar-refractivity contribution < 1.29 is 5.11 Å². The number of phenols is 1. The Balaban J connectivity index is 2.23. The summed E-state index contributed by atoms with van der Waals surface area (Å²) in [6.07, 6.45) is 0. The summed E-state index contributed by atoms with van der Waals surface area (Å²) >= 11 is 1.70. The van der Waals surface area contributed by atoms with Crippen LogP contribution in [0.2, 0.25) is 0 Å². The fraction of sp³-hybridized carbons (Fsp3) is 0. The molecule has 3 aromatic rings. The molecule has 0 radical (unpaired) electrons. The van der Waals surface area contributed by atoms with Crippen LogP contribution in [0.5, 0.6) is 5.75 Å². The fourth-order valence-corrected chi connectivity index (χ4v) is 2.88. The van der Waals surface area contributed by atoms with Crippen LogP contribution in [0.4, 0.5) is 0 Å². The molecule has 1 aromatic heterocycles. The molecule has 1 nitrogen and oxygen atoms in total. The average molecular weight is 226 g/mol. The van der Waals surface area contributed by atoms with Crippen LogP contribution in [0.25, 0.3) is 20.5 Å². The van der Waals surface area contributed by atoms with Gasteiger partial charge in [0.05, 0.1) is 0 Å². The van der Waals surface area contributed by atoms with E-state index in [9.17, 15) is 5.11 Å². The molecule has 0 aliphatic heterocycles. The third-order valence-electron chi connectivity index (χ3n) is 2.60. The molecule has 3 rings (SSSR count). The van der Waals surface area contributed by atoms with Crippen LogP contribution in [0.15, 0.2) is 54.6 Å². The Labute approximate surface area is 97.6 Å². The van der Waals surface area contributed by atoms with E-state index in [1.807, 2.05) is 36.4 Å². The maximum Gasteiger partial charge on any atom is 0.124 e. The highest BCUT2D eigenvalue weighted by molar-refractivity contribution is 7.22. The first kappa shape index (κ1) is 9.43. The van der Waals surface area contributed by atoms with E-state index in [0.29, 0.717) is 5.75 Å². The van der Waals surface area contributed by atoms with Gasteiger partial charge in [-0.05, 0) is 23.8 Å². The normalized spacial score (nSPS) is 10.8. The Morgan fingerprint density at radius 2 is 1.69 bits per heavy atom. The quantitative estimate of drug-likeness (QED) is 0.656. The molecule has 0 atom stereocenters. The van der Waals surface area contributed by atoms with Crippen LogP contribution in [-0.2, 0) is 0 Å². The van der Waals surface area contributed by atoms with Crippen molar-refractivity contribution in [3.8, 4) is 16.2 Å². The van der Waals surface area contributed by atoms with E-state index >= 15 is 0 Å². The average Bonchev–Trinajstić information content (AvgIpc) is 2.76.